The Morgan fingerprint density at radius 1 is 1.35 bits per heavy atom. The highest BCUT2D eigenvalue weighted by atomic mass is 32.2. The lowest BCUT2D eigenvalue weighted by Crippen LogP contribution is -2.38. The van der Waals surface area contributed by atoms with Crippen molar-refractivity contribution in [2.24, 2.45) is 5.41 Å². The summed E-state index contributed by atoms with van der Waals surface area (Å²) < 4.78 is 24.0. The van der Waals surface area contributed by atoms with E-state index in [1.165, 1.54) is 4.68 Å². The summed E-state index contributed by atoms with van der Waals surface area (Å²) in [7, 11) is -3.26. The standard InChI is InChI=1S/C11H18N4O4S/c1-20(18,19)7-9-12-13-14-15(9)8-11(10(16)17)5-3-2-4-6-11/h2-8H2,1H3,(H,16,17). The van der Waals surface area contributed by atoms with Gasteiger partial charge in [0.25, 0.3) is 0 Å². The number of carboxylic acids is 1. The molecule has 0 atom stereocenters. The van der Waals surface area contributed by atoms with Crippen molar-refractivity contribution in [2.75, 3.05) is 6.26 Å². The molecule has 0 bridgehead atoms. The number of hydrogen-bond donors (Lipinski definition) is 1. The first-order chi connectivity index (χ1) is 9.32. The van der Waals surface area contributed by atoms with Crippen LogP contribution in [-0.2, 0) is 26.9 Å². The molecule has 1 N–H and O–H groups in total. The van der Waals surface area contributed by atoms with Crippen molar-refractivity contribution in [2.45, 2.75) is 44.4 Å². The molecule has 20 heavy (non-hydrogen) atoms. The van der Waals surface area contributed by atoms with E-state index in [9.17, 15) is 18.3 Å². The Bertz CT molecular complexity index is 589. The topological polar surface area (TPSA) is 115 Å². The lowest BCUT2D eigenvalue weighted by atomic mass is 9.74. The van der Waals surface area contributed by atoms with Gasteiger partial charge >= 0.3 is 5.97 Å². The van der Waals surface area contributed by atoms with Crippen LogP contribution in [0.15, 0.2) is 0 Å². The van der Waals surface area contributed by atoms with Crippen molar-refractivity contribution < 1.29 is 18.3 Å². The van der Waals surface area contributed by atoms with Crippen LogP contribution in [0.1, 0.15) is 37.9 Å². The summed E-state index contributed by atoms with van der Waals surface area (Å²) >= 11 is 0. The van der Waals surface area contributed by atoms with Crippen molar-refractivity contribution >= 4 is 15.8 Å². The summed E-state index contributed by atoms with van der Waals surface area (Å²) in [6.07, 6.45) is 4.98. The quantitative estimate of drug-likeness (QED) is 0.829. The number of aliphatic carboxylic acids is 1. The molecule has 112 valence electrons. The summed E-state index contributed by atoms with van der Waals surface area (Å²) in [5, 5.41) is 20.4. The van der Waals surface area contributed by atoms with E-state index in [0.717, 1.165) is 25.5 Å². The maximum atomic E-state index is 11.6. The number of sulfone groups is 1. The fourth-order valence-corrected chi connectivity index (χ4v) is 3.31. The molecule has 1 aromatic heterocycles. The molecular weight excluding hydrogens is 284 g/mol. The number of aromatic nitrogens is 4. The molecule has 1 fully saturated rings. The van der Waals surface area contributed by atoms with Crippen LogP contribution in [0.3, 0.4) is 0 Å². The highest BCUT2D eigenvalue weighted by Crippen LogP contribution is 2.38. The molecule has 2 rings (SSSR count). The van der Waals surface area contributed by atoms with Gasteiger partial charge in [-0.2, -0.15) is 0 Å². The number of carboxylic acid groups (broad SMARTS) is 1. The Kier molecular flexibility index (Phi) is 4.07. The number of rotatable bonds is 5. The van der Waals surface area contributed by atoms with Gasteiger partial charge in [0, 0.05) is 6.26 Å². The van der Waals surface area contributed by atoms with E-state index in [1.54, 1.807) is 0 Å². The van der Waals surface area contributed by atoms with Gasteiger partial charge in [-0.15, -0.1) is 5.10 Å². The maximum absolute atomic E-state index is 11.6. The van der Waals surface area contributed by atoms with Crippen LogP contribution in [0.2, 0.25) is 0 Å². The molecule has 0 saturated heterocycles. The molecule has 1 heterocycles. The van der Waals surface area contributed by atoms with Crippen molar-refractivity contribution in [3.05, 3.63) is 5.82 Å². The predicted octanol–water partition coefficient (Wildman–Crippen LogP) is 0.253. The molecular formula is C11H18N4O4S. The first-order valence-electron chi connectivity index (χ1n) is 6.49. The first-order valence-corrected chi connectivity index (χ1v) is 8.55. The normalized spacial score (nSPS) is 18.9. The molecule has 0 spiro atoms. The average Bonchev–Trinajstić information content (AvgIpc) is 2.75. The van der Waals surface area contributed by atoms with Gasteiger partial charge in [0.2, 0.25) is 0 Å². The van der Waals surface area contributed by atoms with E-state index in [-0.39, 0.29) is 18.1 Å². The Balaban J connectivity index is 2.24. The summed E-state index contributed by atoms with van der Waals surface area (Å²) in [5.74, 6) is -0.952. The second-order valence-corrected chi connectivity index (χ2v) is 7.61. The summed E-state index contributed by atoms with van der Waals surface area (Å²) in [4.78, 5) is 11.6. The van der Waals surface area contributed by atoms with Gasteiger partial charge in [-0.05, 0) is 23.3 Å². The van der Waals surface area contributed by atoms with E-state index in [4.69, 9.17) is 0 Å². The predicted molar refractivity (Wildman–Crippen MR) is 69.5 cm³/mol. The zero-order valence-corrected chi connectivity index (χ0v) is 12.1. The van der Waals surface area contributed by atoms with E-state index in [1.807, 2.05) is 0 Å². The van der Waals surface area contributed by atoms with Crippen LogP contribution in [0.4, 0.5) is 0 Å². The zero-order valence-electron chi connectivity index (χ0n) is 11.3. The summed E-state index contributed by atoms with van der Waals surface area (Å²) in [6.45, 7) is 0.125. The van der Waals surface area contributed by atoms with E-state index >= 15 is 0 Å². The van der Waals surface area contributed by atoms with E-state index in [0.29, 0.717) is 12.8 Å². The second-order valence-electron chi connectivity index (χ2n) is 5.47. The monoisotopic (exact) mass is 302 g/mol. The minimum absolute atomic E-state index is 0.125. The van der Waals surface area contributed by atoms with Gasteiger partial charge in [-0.1, -0.05) is 19.3 Å². The van der Waals surface area contributed by atoms with Crippen LogP contribution in [-0.4, -0.2) is 46.0 Å². The third-order valence-corrected chi connectivity index (χ3v) is 4.50. The lowest BCUT2D eigenvalue weighted by Gasteiger charge is -2.32. The molecule has 8 nitrogen and oxygen atoms in total. The van der Waals surface area contributed by atoms with E-state index in [2.05, 4.69) is 15.5 Å². The van der Waals surface area contributed by atoms with Crippen molar-refractivity contribution in [3.8, 4) is 0 Å². The van der Waals surface area contributed by atoms with Crippen LogP contribution in [0, 0.1) is 5.41 Å². The van der Waals surface area contributed by atoms with Crippen molar-refractivity contribution in [1.29, 1.82) is 0 Å². The fourth-order valence-electron chi connectivity index (χ4n) is 2.64. The molecule has 9 heteroatoms. The summed E-state index contributed by atoms with van der Waals surface area (Å²) in [6, 6.07) is 0. The molecule has 0 unspecified atom stereocenters. The third-order valence-electron chi connectivity index (χ3n) is 3.71. The van der Waals surface area contributed by atoms with Gasteiger partial charge < -0.3 is 5.11 Å². The highest BCUT2D eigenvalue weighted by Gasteiger charge is 2.41. The average molecular weight is 302 g/mol. The van der Waals surface area contributed by atoms with E-state index < -0.39 is 21.2 Å². The van der Waals surface area contributed by atoms with Crippen LogP contribution >= 0.6 is 0 Å². The summed E-state index contributed by atoms with van der Waals surface area (Å²) in [5.41, 5.74) is -0.889. The number of carbonyl (C=O) groups is 1. The van der Waals surface area contributed by atoms with Gasteiger partial charge in [0.1, 0.15) is 5.75 Å². The Hall–Kier alpha value is -1.51. The van der Waals surface area contributed by atoms with Gasteiger partial charge in [-0.3, -0.25) is 4.79 Å². The fraction of sp³-hybridized carbons (Fsp3) is 0.818. The van der Waals surface area contributed by atoms with Crippen LogP contribution < -0.4 is 0 Å². The minimum atomic E-state index is -3.26. The Morgan fingerprint density at radius 3 is 2.55 bits per heavy atom. The number of tetrazole rings is 1. The van der Waals surface area contributed by atoms with Crippen LogP contribution in [0.25, 0.3) is 0 Å². The molecule has 0 aliphatic heterocycles. The highest BCUT2D eigenvalue weighted by molar-refractivity contribution is 7.89. The van der Waals surface area contributed by atoms with Crippen LogP contribution in [0.5, 0.6) is 0 Å². The molecule has 0 radical (unpaired) electrons. The third kappa shape index (κ3) is 3.33. The molecule has 0 aromatic carbocycles. The second kappa shape index (κ2) is 5.47. The first kappa shape index (κ1) is 14.9. The lowest BCUT2D eigenvalue weighted by molar-refractivity contribution is -0.152. The van der Waals surface area contributed by atoms with Gasteiger partial charge in [-0.25, -0.2) is 13.1 Å². The largest absolute Gasteiger partial charge is 0.481 e. The Morgan fingerprint density at radius 2 is 2.00 bits per heavy atom. The zero-order chi connectivity index (χ0) is 14.8. The smallest absolute Gasteiger partial charge is 0.311 e. The Labute approximate surface area is 117 Å². The number of hydrogen-bond acceptors (Lipinski definition) is 6. The molecule has 1 aromatic rings. The molecule has 1 aliphatic carbocycles. The number of nitrogens with zero attached hydrogens (tertiary/aromatic N) is 4. The maximum Gasteiger partial charge on any atom is 0.311 e. The van der Waals surface area contributed by atoms with Gasteiger partial charge in [0.05, 0.1) is 12.0 Å². The molecule has 1 saturated carbocycles. The molecule has 1 aliphatic rings. The minimum Gasteiger partial charge on any atom is -0.481 e. The van der Waals surface area contributed by atoms with Crippen molar-refractivity contribution in [3.63, 3.8) is 0 Å². The van der Waals surface area contributed by atoms with Crippen molar-refractivity contribution in [1.82, 2.24) is 20.2 Å². The van der Waals surface area contributed by atoms with Gasteiger partial charge in [0.15, 0.2) is 15.7 Å². The SMILES string of the molecule is CS(=O)(=O)Cc1nnnn1CC1(C(=O)O)CCCCC1. The molecule has 0 amide bonds.